The fraction of sp³-hybridized carbons (Fsp3) is 0.421. The van der Waals surface area contributed by atoms with Gasteiger partial charge in [-0.15, -0.1) is 0 Å². The molecule has 1 fully saturated rings. The zero-order valence-electron chi connectivity index (χ0n) is 15.4. The first-order valence-electron chi connectivity index (χ1n) is 8.68. The first-order valence-corrected chi connectivity index (χ1v) is 9.94. The maximum Gasteiger partial charge on any atom is 0.338 e. The Morgan fingerprint density at radius 1 is 1.37 bits per heavy atom. The number of rotatable bonds is 6. The fourth-order valence-electron chi connectivity index (χ4n) is 3.14. The van der Waals surface area contributed by atoms with Crippen LogP contribution in [0.1, 0.15) is 31.9 Å². The number of hydrogen-bond acceptors (Lipinski definition) is 6. The number of benzene rings is 1. The Morgan fingerprint density at radius 2 is 2.15 bits per heavy atom. The van der Waals surface area contributed by atoms with Gasteiger partial charge in [-0.3, -0.25) is 9.69 Å². The molecule has 0 unspecified atom stereocenters. The van der Waals surface area contributed by atoms with Crippen molar-refractivity contribution in [1.29, 1.82) is 0 Å². The second-order valence-corrected chi connectivity index (χ2v) is 7.81. The Labute approximate surface area is 167 Å². The lowest BCUT2D eigenvalue weighted by molar-refractivity contribution is -0.141. The molecule has 1 aromatic rings. The quantitative estimate of drug-likeness (QED) is 0.531. The van der Waals surface area contributed by atoms with Gasteiger partial charge in [0.15, 0.2) is 5.17 Å². The van der Waals surface area contributed by atoms with Gasteiger partial charge in [0.1, 0.15) is 6.61 Å². The fourth-order valence-corrected chi connectivity index (χ4v) is 4.47. The lowest BCUT2D eigenvalue weighted by Gasteiger charge is -2.33. The summed E-state index contributed by atoms with van der Waals surface area (Å²) in [5.41, 5.74) is 1.65. The number of allylic oxidation sites excluding steroid dienone is 1. The van der Waals surface area contributed by atoms with Crippen LogP contribution in [-0.4, -0.2) is 47.5 Å². The largest absolute Gasteiger partial charge is 0.460 e. The average molecular weight is 409 g/mol. The molecule has 1 amide bonds. The van der Waals surface area contributed by atoms with E-state index in [-0.39, 0.29) is 17.8 Å². The Morgan fingerprint density at radius 3 is 2.81 bits per heavy atom. The zero-order valence-corrected chi connectivity index (χ0v) is 17.0. The first kappa shape index (κ1) is 19.9. The van der Waals surface area contributed by atoms with Crippen molar-refractivity contribution >= 4 is 40.4 Å². The third kappa shape index (κ3) is 3.90. The molecule has 0 spiro atoms. The SMILES string of the molecule is CC[C@@H]1SC2=NC(C)=C(C(=O)OCCOC)[C@H](c3cccc(Cl)c3)N2C1=O. The summed E-state index contributed by atoms with van der Waals surface area (Å²) in [6.07, 6.45) is 0.688. The molecule has 2 atom stereocenters. The van der Waals surface area contributed by atoms with Gasteiger partial charge in [0.25, 0.3) is 0 Å². The van der Waals surface area contributed by atoms with Crippen LogP contribution in [0.5, 0.6) is 0 Å². The number of carbonyl (C=O) groups excluding carboxylic acids is 2. The zero-order chi connectivity index (χ0) is 19.6. The minimum absolute atomic E-state index is 0.0547. The van der Waals surface area contributed by atoms with Gasteiger partial charge in [0.05, 0.1) is 29.2 Å². The Balaban J connectivity index is 2.05. The molecule has 0 N–H and O–H groups in total. The van der Waals surface area contributed by atoms with Crippen LogP contribution in [-0.2, 0) is 19.1 Å². The molecule has 2 heterocycles. The van der Waals surface area contributed by atoms with Gasteiger partial charge in [-0.25, -0.2) is 9.79 Å². The van der Waals surface area contributed by atoms with E-state index >= 15 is 0 Å². The summed E-state index contributed by atoms with van der Waals surface area (Å²) < 4.78 is 10.3. The van der Waals surface area contributed by atoms with Crippen LogP contribution < -0.4 is 0 Å². The molecule has 2 aliphatic rings. The Kier molecular flexibility index (Phi) is 6.24. The van der Waals surface area contributed by atoms with E-state index in [0.717, 1.165) is 5.56 Å². The molecule has 3 rings (SSSR count). The van der Waals surface area contributed by atoms with Crippen LogP contribution in [0.25, 0.3) is 0 Å². The lowest BCUT2D eigenvalue weighted by atomic mass is 9.94. The summed E-state index contributed by atoms with van der Waals surface area (Å²) in [6.45, 7) is 4.15. The lowest BCUT2D eigenvalue weighted by Crippen LogP contribution is -2.40. The van der Waals surface area contributed by atoms with E-state index in [4.69, 9.17) is 21.1 Å². The summed E-state index contributed by atoms with van der Waals surface area (Å²) in [6, 6.07) is 6.57. The highest BCUT2D eigenvalue weighted by Gasteiger charge is 2.47. The van der Waals surface area contributed by atoms with E-state index in [2.05, 4.69) is 4.99 Å². The molecule has 0 radical (unpaired) electrons. The van der Waals surface area contributed by atoms with Gasteiger partial charge in [-0.1, -0.05) is 42.4 Å². The number of thioether (sulfide) groups is 1. The van der Waals surface area contributed by atoms with Gasteiger partial charge >= 0.3 is 5.97 Å². The van der Waals surface area contributed by atoms with Crippen molar-refractivity contribution in [1.82, 2.24) is 4.90 Å². The third-order valence-corrected chi connectivity index (χ3v) is 5.98. The van der Waals surface area contributed by atoms with E-state index in [1.165, 1.54) is 18.9 Å². The summed E-state index contributed by atoms with van der Waals surface area (Å²) in [7, 11) is 1.54. The number of methoxy groups -OCH3 is 1. The molecule has 8 heteroatoms. The average Bonchev–Trinajstić information content (AvgIpc) is 2.96. The van der Waals surface area contributed by atoms with E-state index < -0.39 is 12.0 Å². The number of ether oxygens (including phenoxy) is 2. The van der Waals surface area contributed by atoms with Gasteiger partial charge in [-0.05, 0) is 31.0 Å². The summed E-state index contributed by atoms with van der Waals surface area (Å²) in [4.78, 5) is 31.9. The number of nitrogens with zero attached hydrogens (tertiary/aromatic N) is 2. The Bertz CT molecular complexity index is 824. The topological polar surface area (TPSA) is 68.2 Å². The highest BCUT2D eigenvalue weighted by atomic mass is 35.5. The number of amidine groups is 1. The summed E-state index contributed by atoms with van der Waals surface area (Å²) >= 11 is 7.61. The highest BCUT2D eigenvalue weighted by molar-refractivity contribution is 8.15. The molecule has 1 aromatic carbocycles. The van der Waals surface area contributed by atoms with Gasteiger partial charge in [0.2, 0.25) is 5.91 Å². The maximum atomic E-state index is 13.0. The van der Waals surface area contributed by atoms with E-state index in [1.54, 1.807) is 30.0 Å². The highest BCUT2D eigenvalue weighted by Crippen LogP contribution is 2.44. The number of aliphatic imine (C=N–C) groups is 1. The smallest absolute Gasteiger partial charge is 0.338 e. The molecule has 0 saturated carbocycles. The van der Waals surface area contributed by atoms with Crippen LogP contribution in [0.4, 0.5) is 0 Å². The summed E-state index contributed by atoms with van der Waals surface area (Å²) in [5, 5.41) is 0.942. The van der Waals surface area contributed by atoms with Gasteiger partial charge in [0, 0.05) is 12.1 Å². The van der Waals surface area contributed by atoms with Gasteiger partial charge in [-0.2, -0.15) is 0 Å². The number of carbonyl (C=O) groups is 2. The second-order valence-electron chi connectivity index (χ2n) is 6.20. The van der Waals surface area contributed by atoms with Crippen LogP contribution >= 0.6 is 23.4 Å². The first-order chi connectivity index (χ1) is 13.0. The van der Waals surface area contributed by atoms with Crippen LogP contribution in [0.2, 0.25) is 5.02 Å². The predicted octanol–water partition coefficient (Wildman–Crippen LogP) is 3.57. The standard InChI is InChI=1S/C19H21ClN2O4S/c1-4-14-17(23)22-16(12-6-5-7-13(20)10-12)15(11(2)21-19(22)27-14)18(24)26-9-8-25-3/h5-7,10,14,16H,4,8-9H2,1-3H3/t14-,16-/m0/s1. The molecular weight excluding hydrogens is 388 g/mol. The van der Waals surface area contributed by atoms with Crippen LogP contribution in [0.3, 0.4) is 0 Å². The summed E-state index contributed by atoms with van der Waals surface area (Å²) in [5.74, 6) is -0.559. The van der Waals surface area contributed by atoms with E-state index in [1.807, 2.05) is 13.0 Å². The Hall–Kier alpha value is -1.83. The molecular formula is C19H21ClN2O4S. The van der Waals surface area contributed by atoms with Crippen molar-refractivity contribution in [2.24, 2.45) is 4.99 Å². The molecule has 0 aliphatic carbocycles. The molecule has 0 aromatic heterocycles. The van der Waals surface area contributed by atoms with Crippen LogP contribution in [0.15, 0.2) is 40.5 Å². The van der Waals surface area contributed by atoms with Gasteiger partial charge < -0.3 is 9.47 Å². The van der Waals surface area contributed by atoms with Crippen LogP contribution in [0, 0.1) is 0 Å². The van der Waals surface area contributed by atoms with E-state index in [0.29, 0.717) is 34.5 Å². The number of halogens is 1. The second kappa shape index (κ2) is 8.46. The van der Waals surface area contributed by atoms with Crippen molar-refractivity contribution in [3.63, 3.8) is 0 Å². The number of hydrogen-bond donors (Lipinski definition) is 0. The minimum Gasteiger partial charge on any atom is -0.460 e. The maximum absolute atomic E-state index is 13.0. The van der Waals surface area contributed by atoms with Crippen molar-refractivity contribution < 1.29 is 19.1 Å². The molecule has 144 valence electrons. The predicted molar refractivity (Wildman–Crippen MR) is 106 cm³/mol. The number of fused-ring (bicyclic) bond motifs is 1. The van der Waals surface area contributed by atoms with Crippen molar-refractivity contribution in [2.45, 2.75) is 31.6 Å². The molecule has 2 aliphatic heterocycles. The minimum atomic E-state index is -0.609. The van der Waals surface area contributed by atoms with Crippen molar-refractivity contribution in [2.75, 3.05) is 20.3 Å². The van der Waals surface area contributed by atoms with Crippen molar-refractivity contribution in [3.8, 4) is 0 Å². The number of esters is 1. The third-order valence-electron chi connectivity index (χ3n) is 4.43. The normalized spacial score (nSPS) is 22.0. The molecule has 27 heavy (non-hydrogen) atoms. The molecule has 0 bridgehead atoms. The van der Waals surface area contributed by atoms with E-state index in [9.17, 15) is 9.59 Å². The number of amides is 1. The molecule has 1 saturated heterocycles. The van der Waals surface area contributed by atoms with Crippen molar-refractivity contribution in [3.05, 3.63) is 46.1 Å². The molecule has 6 nitrogen and oxygen atoms in total. The monoisotopic (exact) mass is 408 g/mol.